The van der Waals surface area contributed by atoms with Crippen LogP contribution in [-0.4, -0.2) is 9.97 Å². The number of rotatable bonds is 5. The average Bonchev–Trinajstić information content (AvgIpc) is 2.73. The molecule has 0 saturated carbocycles. The van der Waals surface area contributed by atoms with Gasteiger partial charge >= 0.3 is 0 Å². The first kappa shape index (κ1) is 19.4. The van der Waals surface area contributed by atoms with Crippen molar-refractivity contribution in [1.82, 2.24) is 9.97 Å². The number of aromatic nitrogens is 2. The van der Waals surface area contributed by atoms with E-state index in [1.165, 1.54) is 0 Å². The van der Waals surface area contributed by atoms with E-state index in [0.717, 1.165) is 22.2 Å². The summed E-state index contributed by atoms with van der Waals surface area (Å²) in [5.74, 6) is 0.474. The summed E-state index contributed by atoms with van der Waals surface area (Å²) >= 11 is 12.3. The highest BCUT2D eigenvalue weighted by molar-refractivity contribution is 6.35. The van der Waals surface area contributed by atoms with Crippen LogP contribution in [0.15, 0.2) is 72.8 Å². The number of hydrogen-bond donors (Lipinski definition) is 0. The topological polar surface area (TPSA) is 35.0 Å². The SMILES string of the molecule is C[C@H](Oc1nc2ccccc2nc1/C=C\c1ccc(Cl)cc1Cl)c1ccccc1. The molecule has 0 fully saturated rings. The highest BCUT2D eigenvalue weighted by atomic mass is 35.5. The molecule has 0 aliphatic rings. The van der Waals surface area contributed by atoms with E-state index in [1.807, 2.05) is 79.7 Å². The fourth-order valence-electron chi connectivity index (χ4n) is 2.96. The molecule has 0 aliphatic heterocycles. The summed E-state index contributed by atoms with van der Waals surface area (Å²) in [6.07, 6.45) is 3.58. The average molecular weight is 421 g/mol. The Balaban J connectivity index is 1.73. The summed E-state index contributed by atoms with van der Waals surface area (Å²) in [7, 11) is 0. The Morgan fingerprint density at radius 1 is 0.828 bits per heavy atom. The Morgan fingerprint density at radius 3 is 2.24 bits per heavy atom. The number of hydrogen-bond acceptors (Lipinski definition) is 3. The predicted octanol–water partition coefficient (Wildman–Crippen LogP) is 7.25. The smallest absolute Gasteiger partial charge is 0.241 e. The van der Waals surface area contributed by atoms with Gasteiger partial charge in [-0.2, -0.15) is 0 Å². The fourth-order valence-corrected chi connectivity index (χ4v) is 3.43. The van der Waals surface area contributed by atoms with Gasteiger partial charge in [0.2, 0.25) is 5.88 Å². The van der Waals surface area contributed by atoms with Gasteiger partial charge in [-0.25, -0.2) is 9.97 Å². The molecule has 29 heavy (non-hydrogen) atoms. The van der Waals surface area contributed by atoms with Gasteiger partial charge in [0, 0.05) is 10.0 Å². The van der Waals surface area contributed by atoms with Crippen LogP contribution in [0.3, 0.4) is 0 Å². The van der Waals surface area contributed by atoms with Crippen LogP contribution in [0, 0.1) is 0 Å². The number of halogens is 2. The van der Waals surface area contributed by atoms with Crippen LogP contribution in [0.1, 0.15) is 29.8 Å². The van der Waals surface area contributed by atoms with Crippen molar-refractivity contribution in [2.75, 3.05) is 0 Å². The second kappa shape index (κ2) is 8.64. The van der Waals surface area contributed by atoms with Gasteiger partial charge in [-0.15, -0.1) is 0 Å². The maximum atomic E-state index is 6.29. The monoisotopic (exact) mass is 420 g/mol. The summed E-state index contributed by atoms with van der Waals surface area (Å²) in [4.78, 5) is 9.44. The molecule has 3 nitrogen and oxygen atoms in total. The van der Waals surface area contributed by atoms with Gasteiger partial charge in [0.15, 0.2) is 0 Å². The van der Waals surface area contributed by atoms with Crippen molar-refractivity contribution < 1.29 is 4.74 Å². The molecule has 0 bridgehead atoms. The lowest BCUT2D eigenvalue weighted by Crippen LogP contribution is -2.06. The molecule has 1 atom stereocenters. The lowest BCUT2D eigenvalue weighted by atomic mass is 10.1. The molecule has 3 aromatic carbocycles. The number of fused-ring (bicyclic) bond motifs is 1. The second-order valence-electron chi connectivity index (χ2n) is 6.57. The Bertz CT molecular complexity index is 1180. The van der Waals surface area contributed by atoms with Crippen molar-refractivity contribution in [2.45, 2.75) is 13.0 Å². The lowest BCUT2D eigenvalue weighted by molar-refractivity contribution is 0.217. The van der Waals surface area contributed by atoms with E-state index in [2.05, 4.69) is 0 Å². The van der Waals surface area contributed by atoms with Crippen LogP contribution in [0.2, 0.25) is 10.0 Å². The summed E-state index contributed by atoms with van der Waals surface area (Å²) in [6.45, 7) is 2.00. The molecule has 4 aromatic rings. The molecule has 0 spiro atoms. The maximum absolute atomic E-state index is 6.29. The molecule has 0 unspecified atom stereocenters. The van der Waals surface area contributed by atoms with Gasteiger partial charge in [-0.1, -0.05) is 77.8 Å². The van der Waals surface area contributed by atoms with Crippen LogP contribution in [0.4, 0.5) is 0 Å². The van der Waals surface area contributed by atoms with Gasteiger partial charge in [0.1, 0.15) is 11.8 Å². The summed E-state index contributed by atoms with van der Waals surface area (Å²) in [6, 6.07) is 23.1. The van der Waals surface area contributed by atoms with Crippen LogP contribution >= 0.6 is 23.2 Å². The van der Waals surface area contributed by atoms with E-state index >= 15 is 0 Å². The van der Waals surface area contributed by atoms with Crippen molar-refractivity contribution >= 4 is 46.4 Å². The molecular formula is C24H18Cl2N2O. The third kappa shape index (κ3) is 4.58. The van der Waals surface area contributed by atoms with Gasteiger partial charge in [0.25, 0.3) is 0 Å². The normalized spacial score (nSPS) is 12.4. The van der Waals surface area contributed by atoms with Crippen molar-refractivity contribution in [3.8, 4) is 5.88 Å². The molecule has 1 heterocycles. The van der Waals surface area contributed by atoms with Crippen LogP contribution in [-0.2, 0) is 0 Å². The summed E-state index contributed by atoms with van der Waals surface area (Å²) < 4.78 is 6.20. The third-order valence-electron chi connectivity index (χ3n) is 4.50. The zero-order valence-electron chi connectivity index (χ0n) is 15.7. The Labute approximate surface area is 179 Å². The molecule has 144 valence electrons. The van der Waals surface area contributed by atoms with E-state index in [-0.39, 0.29) is 6.10 Å². The lowest BCUT2D eigenvalue weighted by Gasteiger charge is -2.16. The zero-order valence-corrected chi connectivity index (χ0v) is 17.2. The largest absolute Gasteiger partial charge is 0.468 e. The van der Waals surface area contributed by atoms with Crippen LogP contribution < -0.4 is 4.74 Å². The quantitative estimate of drug-likeness (QED) is 0.341. The van der Waals surface area contributed by atoms with Crippen LogP contribution in [0.25, 0.3) is 23.2 Å². The van der Waals surface area contributed by atoms with Crippen molar-refractivity contribution in [2.24, 2.45) is 0 Å². The molecule has 1 aromatic heterocycles. The number of ether oxygens (including phenoxy) is 1. The zero-order chi connectivity index (χ0) is 20.2. The molecule has 0 aliphatic carbocycles. The second-order valence-corrected chi connectivity index (χ2v) is 7.42. The standard InChI is InChI=1S/C24H18Cl2N2O/c1-16(17-7-3-2-4-8-17)29-24-23(27-21-9-5-6-10-22(21)28-24)14-12-18-11-13-19(25)15-20(18)26/h2-16H,1H3/b14-12-/t16-/m0/s1. The van der Waals surface area contributed by atoms with Crippen molar-refractivity contribution in [3.05, 3.63) is 99.7 Å². The van der Waals surface area contributed by atoms with Crippen LogP contribution in [0.5, 0.6) is 5.88 Å². The molecule has 5 heteroatoms. The van der Waals surface area contributed by atoms with E-state index in [9.17, 15) is 0 Å². The molecule has 0 radical (unpaired) electrons. The molecular weight excluding hydrogens is 403 g/mol. The minimum absolute atomic E-state index is 0.169. The first-order chi connectivity index (χ1) is 14.1. The maximum Gasteiger partial charge on any atom is 0.241 e. The molecule has 0 N–H and O–H groups in total. The van der Waals surface area contributed by atoms with Gasteiger partial charge in [0.05, 0.1) is 11.0 Å². The molecule has 4 rings (SSSR count). The first-order valence-corrected chi connectivity index (χ1v) is 9.97. The number of benzene rings is 3. The van der Waals surface area contributed by atoms with E-state index in [1.54, 1.807) is 12.1 Å². The van der Waals surface area contributed by atoms with Crippen molar-refractivity contribution in [1.29, 1.82) is 0 Å². The Hall–Kier alpha value is -2.88. The summed E-state index contributed by atoms with van der Waals surface area (Å²) in [5.41, 5.74) is 4.13. The Morgan fingerprint density at radius 2 is 1.52 bits per heavy atom. The first-order valence-electron chi connectivity index (χ1n) is 9.21. The Kier molecular flexibility index (Phi) is 5.79. The highest BCUT2D eigenvalue weighted by Gasteiger charge is 2.13. The van der Waals surface area contributed by atoms with E-state index in [0.29, 0.717) is 21.6 Å². The van der Waals surface area contributed by atoms with Crippen molar-refractivity contribution in [3.63, 3.8) is 0 Å². The predicted molar refractivity (Wildman–Crippen MR) is 120 cm³/mol. The van der Waals surface area contributed by atoms with E-state index < -0.39 is 0 Å². The third-order valence-corrected chi connectivity index (χ3v) is 5.07. The molecule has 0 saturated heterocycles. The minimum atomic E-state index is -0.169. The minimum Gasteiger partial charge on any atom is -0.468 e. The molecule has 0 amide bonds. The van der Waals surface area contributed by atoms with Gasteiger partial charge in [-0.05, 0) is 48.4 Å². The number of para-hydroxylation sites is 2. The van der Waals surface area contributed by atoms with Gasteiger partial charge < -0.3 is 4.74 Å². The fraction of sp³-hybridized carbons (Fsp3) is 0.0833. The highest BCUT2D eigenvalue weighted by Crippen LogP contribution is 2.28. The van der Waals surface area contributed by atoms with E-state index in [4.69, 9.17) is 37.9 Å². The summed E-state index contributed by atoms with van der Waals surface area (Å²) in [5, 5.41) is 1.17. The van der Waals surface area contributed by atoms with Gasteiger partial charge in [-0.3, -0.25) is 0 Å². The number of nitrogens with zero attached hydrogens (tertiary/aromatic N) is 2.